The topological polar surface area (TPSA) is 160 Å². The Bertz CT molecular complexity index is 863. The molecule has 0 bridgehead atoms. The summed E-state index contributed by atoms with van der Waals surface area (Å²) < 4.78 is 4.93. The third-order valence-electron chi connectivity index (χ3n) is 3.68. The molecule has 0 spiro atoms. The van der Waals surface area contributed by atoms with Gasteiger partial charge in [0.05, 0.1) is 0 Å². The predicted molar refractivity (Wildman–Crippen MR) is 94.3 cm³/mol. The van der Waals surface area contributed by atoms with Gasteiger partial charge in [0, 0.05) is 11.8 Å². The van der Waals surface area contributed by atoms with E-state index in [1.54, 1.807) is 0 Å². The second-order valence-corrected chi connectivity index (χ2v) is 6.57. The van der Waals surface area contributed by atoms with Gasteiger partial charge in [0.1, 0.15) is 23.7 Å². The third kappa shape index (κ3) is 3.51. The van der Waals surface area contributed by atoms with Crippen molar-refractivity contribution in [2.75, 3.05) is 18.1 Å². The van der Waals surface area contributed by atoms with E-state index in [4.69, 9.17) is 15.1 Å². The molecule has 0 saturated carbocycles. The van der Waals surface area contributed by atoms with Gasteiger partial charge < -0.3 is 25.5 Å². The minimum Gasteiger partial charge on any atom is -0.477 e. The van der Waals surface area contributed by atoms with Crippen LogP contribution in [0.1, 0.15) is 5.76 Å². The van der Waals surface area contributed by atoms with Gasteiger partial charge in [0.15, 0.2) is 11.6 Å². The number of hydrogen-bond donors (Lipinski definition) is 3. The summed E-state index contributed by atoms with van der Waals surface area (Å²) in [6.07, 6.45) is 2.88. The van der Waals surface area contributed by atoms with Crippen molar-refractivity contribution < 1.29 is 28.9 Å². The van der Waals surface area contributed by atoms with E-state index in [2.05, 4.69) is 22.2 Å². The van der Waals surface area contributed by atoms with Crippen LogP contribution in [0.4, 0.5) is 5.82 Å². The Labute approximate surface area is 156 Å². The fraction of sp³-hybridized carbons (Fsp3) is 0.267. The highest BCUT2D eigenvalue weighted by molar-refractivity contribution is 8.00. The number of aliphatic carboxylic acids is 1. The highest BCUT2D eigenvalue weighted by Crippen LogP contribution is 2.37. The molecule has 0 radical (unpaired) electrons. The van der Waals surface area contributed by atoms with Crippen molar-refractivity contribution in [1.29, 1.82) is 0 Å². The molecule has 1 unspecified atom stereocenters. The zero-order chi connectivity index (χ0) is 19.6. The average molecular weight is 393 g/mol. The molecule has 1 aromatic heterocycles. The SMILES string of the molecule is C=CCON=C(C(=O)NC1C(=O)N2C(C(=O)O)=CCS[C@@H]12)c1cc(N)no1. The van der Waals surface area contributed by atoms with Crippen molar-refractivity contribution in [3.05, 3.63) is 36.3 Å². The van der Waals surface area contributed by atoms with E-state index in [1.807, 2.05) is 0 Å². The van der Waals surface area contributed by atoms with E-state index in [1.165, 1.54) is 30.0 Å². The molecule has 12 heteroatoms. The normalized spacial score (nSPS) is 21.6. The van der Waals surface area contributed by atoms with Gasteiger partial charge in [-0.1, -0.05) is 23.0 Å². The minimum absolute atomic E-state index is 0.0409. The summed E-state index contributed by atoms with van der Waals surface area (Å²) in [6.45, 7) is 3.51. The Kier molecular flexibility index (Phi) is 5.16. The quantitative estimate of drug-likeness (QED) is 0.183. The number of amides is 2. The number of oxime groups is 1. The number of nitrogens with two attached hydrogens (primary N) is 1. The minimum atomic E-state index is -1.20. The molecular weight excluding hydrogens is 378 g/mol. The van der Waals surface area contributed by atoms with Gasteiger partial charge in [-0.2, -0.15) is 0 Å². The van der Waals surface area contributed by atoms with Crippen LogP contribution in [0.15, 0.2) is 40.2 Å². The van der Waals surface area contributed by atoms with Gasteiger partial charge in [-0.15, -0.1) is 11.8 Å². The van der Waals surface area contributed by atoms with Gasteiger partial charge in [0.2, 0.25) is 5.71 Å². The average Bonchev–Trinajstić information content (AvgIpc) is 3.08. The molecule has 3 heterocycles. The largest absolute Gasteiger partial charge is 0.477 e. The summed E-state index contributed by atoms with van der Waals surface area (Å²) >= 11 is 1.33. The van der Waals surface area contributed by atoms with Crippen LogP contribution in [0, 0.1) is 0 Å². The molecule has 2 aliphatic rings. The zero-order valence-corrected chi connectivity index (χ0v) is 14.6. The molecule has 27 heavy (non-hydrogen) atoms. The zero-order valence-electron chi connectivity index (χ0n) is 13.8. The molecule has 142 valence electrons. The van der Waals surface area contributed by atoms with E-state index in [0.717, 1.165) is 4.90 Å². The third-order valence-corrected chi connectivity index (χ3v) is 4.86. The molecule has 1 saturated heterocycles. The van der Waals surface area contributed by atoms with Gasteiger partial charge in [0.25, 0.3) is 11.8 Å². The number of carbonyl (C=O) groups is 3. The van der Waals surface area contributed by atoms with E-state index < -0.39 is 29.2 Å². The van der Waals surface area contributed by atoms with Crippen LogP contribution < -0.4 is 11.1 Å². The fourth-order valence-electron chi connectivity index (χ4n) is 2.50. The lowest BCUT2D eigenvalue weighted by molar-refractivity contribution is -0.150. The smallest absolute Gasteiger partial charge is 0.352 e. The summed E-state index contributed by atoms with van der Waals surface area (Å²) in [7, 11) is 0. The molecular formula is C15H15N5O6S. The number of carbonyl (C=O) groups excluding carboxylic acids is 2. The maximum Gasteiger partial charge on any atom is 0.352 e. The van der Waals surface area contributed by atoms with E-state index in [0.29, 0.717) is 5.75 Å². The van der Waals surface area contributed by atoms with Crippen LogP contribution in [0.3, 0.4) is 0 Å². The van der Waals surface area contributed by atoms with Crippen LogP contribution in [0.25, 0.3) is 0 Å². The summed E-state index contributed by atoms with van der Waals surface area (Å²) in [6, 6.07) is 0.376. The Balaban J connectivity index is 1.76. The maximum atomic E-state index is 12.6. The first kappa shape index (κ1) is 18.5. The molecule has 2 atom stereocenters. The monoisotopic (exact) mass is 393 g/mol. The number of β-lactam (4-membered cyclic amide) rings is 1. The van der Waals surface area contributed by atoms with Crippen LogP contribution in [0.5, 0.6) is 0 Å². The Morgan fingerprint density at radius 1 is 1.63 bits per heavy atom. The number of nitrogens with zero attached hydrogens (tertiary/aromatic N) is 3. The Hall–Kier alpha value is -3.28. The van der Waals surface area contributed by atoms with Crippen molar-refractivity contribution >= 4 is 41.1 Å². The van der Waals surface area contributed by atoms with E-state index >= 15 is 0 Å². The second-order valence-electron chi connectivity index (χ2n) is 5.42. The molecule has 1 fully saturated rings. The van der Waals surface area contributed by atoms with Gasteiger partial charge in [-0.25, -0.2) is 4.79 Å². The van der Waals surface area contributed by atoms with Gasteiger partial charge in [-0.3, -0.25) is 14.5 Å². The lowest BCUT2D eigenvalue weighted by atomic mass is 10.0. The number of thioether (sulfide) groups is 1. The summed E-state index contributed by atoms with van der Waals surface area (Å²) in [4.78, 5) is 42.2. The van der Waals surface area contributed by atoms with Crippen LogP contribution in [-0.2, 0) is 19.2 Å². The van der Waals surface area contributed by atoms with Crippen LogP contribution in [-0.4, -0.2) is 62.4 Å². The molecule has 2 amide bonds. The van der Waals surface area contributed by atoms with Gasteiger partial charge >= 0.3 is 5.97 Å². The van der Waals surface area contributed by atoms with Crippen molar-refractivity contribution in [2.24, 2.45) is 5.16 Å². The lowest BCUT2D eigenvalue weighted by Crippen LogP contribution is -2.70. The maximum absolute atomic E-state index is 12.6. The lowest BCUT2D eigenvalue weighted by Gasteiger charge is -2.48. The van der Waals surface area contributed by atoms with E-state index in [-0.39, 0.29) is 29.6 Å². The highest BCUT2D eigenvalue weighted by atomic mass is 32.2. The summed E-state index contributed by atoms with van der Waals surface area (Å²) in [5.41, 5.74) is 5.13. The standard InChI is InChI=1S/C15H15N5O6S/c1-2-4-25-19-10(8-6-9(16)18-26-8)12(21)17-11-13(22)20-7(15(23)24)3-5-27-14(11)20/h2-3,6,11,14H,1,4-5H2,(H2,16,18)(H,17,21)(H,23,24)/t11?,14-/m0/s1. The number of carboxylic acids is 1. The molecule has 0 aromatic carbocycles. The highest BCUT2D eigenvalue weighted by Gasteiger charge is 2.53. The first-order chi connectivity index (χ1) is 12.9. The predicted octanol–water partition coefficient (Wildman–Crippen LogP) is -0.468. The number of nitrogen functional groups attached to an aromatic ring is 1. The number of hydrogen-bond acceptors (Lipinski definition) is 9. The molecule has 4 N–H and O–H groups in total. The second kappa shape index (κ2) is 7.53. The Morgan fingerprint density at radius 3 is 3.04 bits per heavy atom. The molecule has 2 aliphatic heterocycles. The van der Waals surface area contributed by atoms with Crippen molar-refractivity contribution in [3.8, 4) is 0 Å². The first-order valence-electron chi connectivity index (χ1n) is 7.66. The molecule has 11 nitrogen and oxygen atoms in total. The number of rotatable bonds is 7. The van der Waals surface area contributed by atoms with Gasteiger partial charge in [-0.05, 0) is 6.08 Å². The summed E-state index contributed by atoms with van der Waals surface area (Å²) in [5, 5.41) is 18.3. The number of anilines is 1. The first-order valence-corrected chi connectivity index (χ1v) is 8.71. The number of carboxylic acid groups (broad SMARTS) is 1. The molecule has 1 aromatic rings. The molecule has 0 aliphatic carbocycles. The van der Waals surface area contributed by atoms with Crippen molar-refractivity contribution in [2.45, 2.75) is 11.4 Å². The number of fused-ring (bicyclic) bond motifs is 1. The van der Waals surface area contributed by atoms with Crippen molar-refractivity contribution in [1.82, 2.24) is 15.4 Å². The summed E-state index contributed by atoms with van der Waals surface area (Å²) in [5.74, 6) is -2.07. The van der Waals surface area contributed by atoms with Crippen molar-refractivity contribution in [3.63, 3.8) is 0 Å². The number of nitrogens with one attached hydrogen (secondary N) is 1. The Morgan fingerprint density at radius 2 is 2.41 bits per heavy atom. The fourth-order valence-corrected chi connectivity index (χ4v) is 3.70. The number of aromatic nitrogens is 1. The van der Waals surface area contributed by atoms with E-state index in [9.17, 15) is 19.5 Å². The van der Waals surface area contributed by atoms with Crippen LogP contribution in [0.2, 0.25) is 0 Å². The van der Waals surface area contributed by atoms with Crippen LogP contribution >= 0.6 is 11.8 Å². The molecule has 3 rings (SSSR count).